The van der Waals surface area contributed by atoms with Crippen LogP contribution in [0.5, 0.6) is 0 Å². The number of anilines is 1. The Bertz CT molecular complexity index is 1300. The number of amides is 1. The van der Waals surface area contributed by atoms with Crippen molar-refractivity contribution in [1.29, 1.82) is 0 Å². The molecule has 1 saturated heterocycles. The first kappa shape index (κ1) is 23.1. The summed E-state index contributed by atoms with van der Waals surface area (Å²) in [7, 11) is -2.16. The molecule has 0 atom stereocenters. The first-order valence-corrected chi connectivity index (χ1v) is 11.6. The number of nitrogens with zero attached hydrogens (tertiary/aromatic N) is 4. The smallest absolute Gasteiger partial charge is 0.345 e. The lowest BCUT2D eigenvalue weighted by Crippen LogP contribution is -2.27. The summed E-state index contributed by atoms with van der Waals surface area (Å²) >= 11 is 0. The highest BCUT2D eigenvalue weighted by Gasteiger charge is 2.31. The van der Waals surface area contributed by atoms with Crippen molar-refractivity contribution in [3.05, 3.63) is 59.5 Å². The minimum atomic E-state index is -4.53. The maximum Gasteiger partial charge on any atom is 0.416 e. The quantitative estimate of drug-likeness (QED) is 0.603. The summed E-state index contributed by atoms with van der Waals surface area (Å²) in [5, 5.41) is 6.83. The van der Waals surface area contributed by atoms with Crippen LogP contribution < -0.4 is 5.32 Å². The molecule has 2 aromatic heterocycles. The maximum atomic E-state index is 13.1. The molecule has 12 heteroatoms. The zero-order valence-electron chi connectivity index (χ0n) is 17.9. The molecular weight excluding hydrogens is 459 g/mol. The lowest BCUT2D eigenvalue weighted by molar-refractivity contribution is -0.137. The number of carbonyl (C=O) groups excluding carboxylic acids is 1. The molecular formula is C21H22F3N5O3S. The third kappa shape index (κ3) is 4.53. The molecule has 0 aliphatic carbocycles. The lowest BCUT2D eigenvalue weighted by Gasteiger charge is -2.13. The van der Waals surface area contributed by atoms with Gasteiger partial charge in [-0.2, -0.15) is 22.6 Å². The van der Waals surface area contributed by atoms with Crippen molar-refractivity contribution in [2.24, 2.45) is 7.05 Å². The highest BCUT2D eigenvalue weighted by molar-refractivity contribution is 7.89. The second-order valence-electron chi connectivity index (χ2n) is 7.87. The lowest BCUT2D eigenvalue weighted by atomic mass is 10.2. The predicted octanol–water partition coefficient (Wildman–Crippen LogP) is 3.57. The Balaban J connectivity index is 1.63. The van der Waals surface area contributed by atoms with Crippen LogP contribution in [0.25, 0.3) is 5.69 Å². The Morgan fingerprint density at radius 1 is 1.12 bits per heavy atom. The standard InChI is InChI=1S/C21H22F3N5O3S/c1-14-10-19(29(26-14)16-7-5-6-15(11-16)21(22,23)24)25-20(30)18-12-17(13-27(18)2)33(31,32)28-8-3-4-9-28/h5-7,10-13H,3-4,8-9H2,1-2H3,(H,25,30). The fourth-order valence-electron chi connectivity index (χ4n) is 3.76. The van der Waals surface area contributed by atoms with Crippen molar-refractivity contribution in [1.82, 2.24) is 18.7 Å². The van der Waals surface area contributed by atoms with Gasteiger partial charge in [0.2, 0.25) is 10.0 Å². The number of carbonyl (C=O) groups is 1. The van der Waals surface area contributed by atoms with Gasteiger partial charge in [-0.15, -0.1) is 0 Å². The number of aryl methyl sites for hydroxylation is 2. The maximum absolute atomic E-state index is 13.1. The van der Waals surface area contributed by atoms with Gasteiger partial charge < -0.3 is 9.88 Å². The number of nitrogens with one attached hydrogen (secondary N) is 1. The Hall–Kier alpha value is -3.12. The van der Waals surface area contributed by atoms with Gasteiger partial charge in [-0.05, 0) is 44.0 Å². The molecule has 176 valence electrons. The summed E-state index contributed by atoms with van der Waals surface area (Å²) in [5.74, 6) is -0.463. The van der Waals surface area contributed by atoms with Gasteiger partial charge in [-0.1, -0.05) is 6.07 Å². The molecule has 1 N–H and O–H groups in total. The first-order chi connectivity index (χ1) is 15.5. The fraction of sp³-hybridized carbons (Fsp3) is 0.333. The number of alkyl halides is 3. The monoisotopic (exact) mass is 481 g/mol. The second kappa shape index (κ2) is 8.34. The van der Waals surface area contributed by atoms with Crippen LogP contribution in [0.2, 0.25) is 0 Å². The van der Waals surface area contributed by atoms with Crippen LogP contribution in [0.3, 0.4) is 0 Å². The molecule has 4 rings (SSSR count). The van der Waals surface area contributed by atoms with Crippen molar-refractivity contribution in [3.63, 3.8) is 0 Å². The molecule has 1 amide bonds. The van der Waals surface area contributed by atoms with Crippen molar-refractivity contribution < 1.29 is 26.4 Å². The summed E-state index contributed by atoms with van der Waals surface area (Å²) < 4.78 is 69.0. The number of benzene rings is 1. The van der Waals surface area contributed by atoms with E-state index in [0.717, 1.165) is 25.0 Å². The van der Waals surface area contributed by atoms with E-state index in [4.69, 9.17) is 0 Å². The summed E-state index contributed by atoms with van der Waals surface area (Å²) in [6.45, 7) is 2.52. The first-order valence-electron chi connectivity index (χ1n) is 10.2. The molecule has 1 aromatic carbocycles. The van der Waals surface area contributed by atoms with Gasteiger partial charge in [0.15, 0.2) is 0 Å². The summed E-state index contributed by atoms with van der Waals surface area (Å²) in [6, 6.07) is 7.40. The molecule has 0 unspecified atom stereocenters. The second-order valence-corrected chi connectivity index (χ2v) is 9.81. The molecule has 3 aromatic rings. The minimum absolute atomic E-state index is 0.0135. The molecule has 3 heterocycles. The van der Waals surface area contributed by atoms with E-state index in [-0.39, 0.29) is 22.1 Å². The van der Waals surface area contributed by atoms with Crippen LogP contribution in [-0.4, -0.2) is 46.1 Å². The van der Waals surface area contributed by atoms with Crippen molar-refractivity contribution in [2.75, 3.05) is 18.4 Å². The van der Waals surface area contributed by atoms with Crippen molar-refractivity contribution >= 4 is 21.7 Å². The Labute approximate surface area is 188 Å². The summed E-state index contributed by atoms with van der Waals surface area (Å²) in [4.78, 5) is 13.0. The topological polar surface area (TPSA) is 89.2 Å². The largest absolute Gasteiger partial charge is 0.416 e. The number of sulfonamides is 1. The normalized spacial score (nSPS) is 15.2. The molecule has 0 spiro atoms. The van der Waals surface area contributed by atoms with Crippen LogP contribution in [0, 0.1) is 6.92 Å². The van der Waals surface area contributed by atoms with E-state index in [1.165, 1.54) is 44.0 Å². The van der Waals surface area contributed by atoms with Gasteiger partial charge in [0, 0.05) is 32.4 Å². The van der Waals surface area contributed by atoms with E-state index in [0.29, 0.717) is 18.8 Å². The van der Waals surface area contributed by atoms with Gasteiger partial charge in [0.05, 0.1) is 16.9 Å². The van der Waals surface area contributed by atoms with Crippen LogP contribution in [0.1, 0.15) is 34.6 Å². The summed E-state index contributed by atoms with van der Waals surface area (Å²) in [5.41, 5.74) is -0.156. The van der Waals surface area contributed by atoms with Gasteiger partial charge in [-0.25, -0.2) is 13.1 Å². The Morgan fingerprint density at radius 3 is 2.48 bits per heavy atom. The van der Waals surface area contributed by atoms with E-state index in [9.17, 15) is 26.4 Å². The number of hydrogen-bond acceptors (Lipinski definition) is 4. The molecule has 0 radical (unpaired) electrons. The molecule has 1 fully saturated rings. The zero-order valence-corrected chi connectivity index (χ0v) is 18.7. The predicted molar refractivity (Wildman–Crippen MR) is 115 cm³/mol. The minimum Gasteiger partial charge on any atom is -0.345 e. The third-order valence-corrected chi connectivity index (χ3v) is 7.27. The summed E-state index contributed by atoms with van der Waals surface area (Å²) in [6.07, 6.45) is -1.57. The average Bonchev–Trinajstić information content (AvgIpc) is 3.48. The van der Waals surface area contributed by atoms with E-state index >= 15 is 0 Å². The number of hydrogen-bond donors (Lipinski definition) is 1. The third-order valence-electron chi connectivity index (χ3n) is 5.41. The van der Waals surface area contributed by atoms with Crippen LogP contribution in [0.15, 0.2) is 47.5 Å². The average molecular weight is 482 g/mol. The SMILES string of the molecule is Cc1cc(NC(=O)c2cc(S(=O)(=O)N3CCCC3)cn2C)n(-c2cccc(C(F)(F)F)c2)n1. The molecule has 0 bridgehead atoms. The molecule has 0 saturated carbocycles. The van der Waals surface area contributed by atoms with E-state index in [1.807, 2.05) is 0 Å². The number of rotatable bonds is 5. The van der Waals surface area contributed by atoms with Gasteiger partial charge >= 0.3 is 6.18 Å². The Kier molecular flexibility index (Phi) is 5.83. The fourth-order valence-corrected chi connectivity index (χ4v) is 5.35. The van der Waals surface area contributed by atoms with Crippen LogP contribution in [0.4, 0.5) is 19.0 Å². The molecule has 1 aliphatic heterocycles. The van der Waals surface area contributed by atoms with Crippen LogP contribution in [-0.2, 0) is 23.2 Å². The number of aromatic nitrogens is 3. The van der Waals surface area contributed by atoms with E-state index in [1.54, 1.807) is 14.0 Å². The van der Waals surface area contributed by atoms with Crippen LogP contribution >= 0.6 is 0 Å². The zero-order chi connectivity index (χ0) is 24.0. The highest BCUT2D eigenvalue weighted by atomic mass is 32.2. The highest BCUT2D eigenvalue weighted by Crippen LogP contribution is 2.31. The molecule has 8 nitrogen and oxygen atoms in total. The van der Waals surface area contributed by atoms with E-state index in [2.05, 4.69) is 10.4 Å². The number of halogens is 3. The van der Waals surface area contributed by atoms with Gasteiger partial charge in [-0.3, -0.25) is 4.79 Å². The van der Waals surface area contributed by atoms with Gasteiger partial charge in [0.1, 0.15) is 16.4 Å². The van der Waals surface area contributed by atoms with Crippen molar-refractivity contribution in [2.45, 2.75) is 30.8 Å². The van der Waals surface area contributed by atoms with E-state index < -0.39 is 27.7 Å². The molecule has 33 heavy (non-hydrogen) atoms. The van der Waals surface area contributed by atoms with Crippen molar-refractivity contribution in [3.8, 4) is 5.69 Å². The Morgan fingerprint density at radius 2 is 1.82 bits per heavy atom. The molecule has 1 aliphatic rings. The van der Waals surface area contributed by atoms with Gasteiger partial charge in [0.25, 0.3) is 5.91 Å².